The molecule has 0 saturated carbocycles. The number of phenolic OH excluding ortho intramolecular Hbond substituents is 1. The van der Waals surface area contributed by atoms with Crippen molar-refractivity contribution in [2.24, 2.45) is 0 Å². The van der Waals surface area contributed by atoms with Crippen LogP contribution in [0.25, 0.3) is 16.5 Å². The molecule has 0 fully saturated rings. The number of hydrogen-bond donors (Lipinski definition) is 2. The van der Waals surface area contributed by atoms with Gasteiger partial charge in [-0.2, -0.15) is 5.10 Å². The average Bonchev–Trinajstić information content (AvgIpc) is 3.13. The van der Waals surface area contributed by atoms with E-state index in [0.29, 0.717) is 12.3 Å². The first-order valence-electron chi connectivity index (χ1n) is 9.70. The summed E-state index contributed by atoms with van der Waals surface area (Å²) in [7, 11) is 1.55. The van der Waals surface area contributed by atoms with Gasteiger partial charge in [-0.3, -0.25) is 0 Å². The molecule has 0 aliphatic heterocycles. The van der Waals surface area contributed by atoms with E-state index in [4.69, 9.17) is 4.74 Å². The second-order valence-electron chi connectivity index (χ2n) is 7.20. The Hall–Kier alpha value is -3.31. The predicted molar refractivity (Wildman–Crippen MR) is 116 cm³/mol. The molecule has 3 aromatic carbocycles. The molecule has 29 heavy (non-hydrogen) atoms. The Balaban J connectivity index is 1.56. The summed E-state index contributed by atoms with van der Waals surface area (Å²) in [6, 6.07) is 20.2. The maximum Gasteiger partial charge on any atom is 0.160 e. The van der Waals surface area contributed by atoms with Crippen molar-refractivity contribution >= 4 is 10.8 Å². The minimum Gasteiger partial charge on any atom is -0.504 e. The minimum absolute atomic E-state index is 0.114. The molecule has 0 aliphatic rings. The number of hydrogen-bond acceptors (Lipinski definition) is 4. The summed E-state index contributed by atoms with van der Waals surface area (Å²) in [4.78, 5) is 0. The summed E-state index contributed by atoms with van der Waals surface area (Å²) in [5.74, 6) is 0.633. The van der Waals surface area contributed by atoms with Crippen LogP contribution in [-0.4, -0.2) is 22.0 Å². The number of aromatic nitrogens is 2. The normalized spacial score (nSPS) is 12.2. The molecule has 148 valence electrons. The van der Waals surface area contributed by atoms with Gasteiger partial charge in [0, 0.05) is 29.2 Å². The molecule has 0 saturated heterocycles. The summed E-state index contributed by atoms with van der Waals surface area (Å²) in [6.45, 7) is 4.86. The van der Waals surface area contributed by atoms with Gasteiger partial charge in [0.05, 0.1) is 19.0 Å². The summed E-state index contributed by atoms with van der Waals surface area (Å²) in [6.07, 6.45) is 1.93. The van der Waals surface area contributed by atoms with Crippen LogP contribution in [0.2, 0.25) is 0 Å². The molecular weight excluding hydrogens is 362 g/mol. The fourth-order valence-corrected chi connectivity index (χ4v) is 3.71. The number of ether oxygens (including phenoxy) is 1. The Kier molecular flexibility index (Phi) is 5.23. The molecule has 0 amide bonds. The molecular formula is C24H25N3O2. The lowest BCUT2D eigenvalue weighted by molar-refractivity contribution is 0.373. The molecule has 1 heterocycles. The van der Waals surface area contributed by atoms with Crippen molar-refractivity contribution in [3.05, 3.63) is 83.7 Å². The Bertz CT molecular complexity index is 1140. The van der Waals surface area contributed by atoms with Crippen LogP contribution in [-0.2, 0) is 6.54 Å². The Labute approximate surface area is 170 Å². The maximum absolute atomic E-state index is 9.97. The summed E-state index contributed by atoms with van der Waals surface area (Å²) in [5.41, 5.74) is 4.34. The molecule has 1 aromatic heterocycles. The Morgan fingerprint density at radius 3 is 2.69 bits per heavy atom. The highest BCUT2D eigenvalue weighted by Crippen LogP contribution is 2.28. The van der Waals surface area contributed by atoms with Crippen molar-refractivity contribution in [3.8, 4) is 17.2 Å². The number of nitrogens with one attached hydrogen (secondary N) is 1. The first-order chi connectivity index (χ1) is 14.1. The van der Waals surface area contributed by atoms with Crippen LogP contribution < -0.4 is 10.1 Å². The first kappa shape index (κ1) is 19.0. The van der Waals surface area contributed by atoms with Gasteiger partial charge in [-0.15, -0.1) is 0 Å². The van der Waals surface area contributed by atoms with Crippen molar-refractivity contribution in [2.45, 2.75) is 26.4 Å². The van der Waals surface area contributed by atoms with Gasteiger partial charge in [-0.25, -0.2) is 4.68 Å². The van der Waals surface area contributed by atoms with Crippen LogP contribution in [0.15, 0.2) is 66.9 Å². The second kappa shape index (κ2) is 7.97. The van der Waals surface area contributed by atoms with Gasteiger partial charge >= 0.3 is 0 Å². The van der Waals surface area contributed by atoms with Crippen LogP contribution in [0, 0.1) is 6.92 Å². The number of rotatable bonds is 6. The number of phenols is 1. The van der Waals surface area contributed by atoms with E-state index in [9.17, 15) is 5.11 Å². The number of benzene rings is 3. The highest BCUT2D eigenvalue weighted by Gasteiger charge is 2.15. The van der Waals surface area contributed by atoms with E-state index in [-0.39, 0.29) is 11.8 Å². The van der Waals surface area contributed by atoms with Crippen LogP contribution in [0.1, 0.15) is 29.8 Å². The average molecular weight is 387 g/mol. The molecule has 0 spiro atoms. The van der Waals surface area contributed by atoms with Crippen LogP contribution in [0.4, 0.5) is 0 Å². The predicted octanol–water partition coefficient (Wildman–Crippen LogP) is 4.90. The molecule has 2 N–H and O–H groups in total. The van der Waals surface area contributed by atoms with E-state index >= 15 is 0 Å². The van der Waals surface area contributed by atoms with Crippen molar-refractivity contribution in [1.29, 1.82) is 0 Å². The van der Waals surface area contributed by atoms with Gasteiger partial charge in [-0.05, 0) is 43.0 Å². The highest BCUT2D eigenvalue weighted by atomic mass is 16.5. The summed E-state index contributed by atoms with van der Waals surface area (Å²) in [5, 5.41) is 20.5. The SMILES string of the molecule is COc1ccc(CNC(C)c2cnn(-c3cccc4ccccc34)c2C)cc1O. The molecule has 1 unspecified atom stereocenters. The highest BCUT2D eigenvalue weighted by molar-refractivity contribution is 5.90. The third-order valence-corrected chi connectivity index (χ3v) is 5.36. The summed E-state index contributed by atoms with van der Waals surface area (Å²) >= 11 is 0. The molecule has 5 nitrogen and oxygen atoms in total. The van der Waals surface area contributed by atoms with E-state index in [2.05, 4.69) is 66.7 Å². The van der Waals surface area contributed by atoms with Crippen LogP contribution in [0.5, 0.6) is 11.5 Å². The zero-order chi connectivity index (χ0) is 20.4. The molecule has 0 bridgehead atoms. The van der Waals surface area contributed by atoms with Crippen molar-refractivity contribution in [3.63, 3.8) is 0 Å². The quantitative estimate of drug-likeness (QED) is 0.494. The Morgan fingerprint density at radius 2 is 1.90 bits per heavy atom. The molecule has 5 heteroatoms. The third-order valence-electron chi connectivity index (χ3n) is 5.36. The van der Waals surface area contributed by atoms with E-state index in [1.54, 1.807) is 19.2 Å². The fraction of sp³-hybridized carbons (Fsp3) is 0.208. The molecule has 0 aliphatic carbocycles. The molecule has 1 atom stereocenters. The third kappa shape index (κ3) is 3.69. The summed E-state index contributed by atoms with van der Waals surface area (Å²) < 4.78 is 7.11. The Morgan fingerprint density at radius 1 is 1.10 bits per heavy atom. The van der Waals surface area contributed by atoms with E-state index < -0.39 is 0 Å². The number of nitrogens with zero attached hydrogens (tertiary/aromatic N) is 2. The van der Waals surface area contributed by atoms with Crippen molar-refractivity contribution in [1.82, 2.24) is 15.1 Å². The number of fused-ring (bicyclic) bond motifs is 1. The van der Waals surface area contributed by atoms with Crippen molar-refractivity contribution in [2.75, 3.05) is 7.11 Å². The van der Waals surface area contributed by atoms with Gasteiger partial charge in [0.1, 0.15) is 0 Å². The standard InChI is InChI=1S/C24H25N3O2/c1-16(25-14-18-11-12-24(29-3)23(28)13-18)21-15-26-27(17(21)2)22-10-6-8-19-7-4-5-9-20(19)22/h4-13,15-16,25,28H,14H2,1-3H3. The lowest BCUT2D eigenvalue weighted by Gasteiger charge is -2.15. The fourth-order valence-electron chi connectivity index (χ4n) is 3.71. The van der Waals surface area contributed by atoms with E-state index in [0.717, 1.165) is 22.5 Å². The van der Waals surface area contributed by atoms with E-state index in [1.165, 1.54) is 10.8 Å². The molecule has 0 radical (unpaired) electrons. The lowest BCUT2D eigenvalue weighted by atomic mass is 10.1. The lowest BCUT2D eigenvalue weighted by Crippen LogP contribution is -2.18. The smallest absolute Gasteiger partial charge is 0.160 e. The maximum atomic E-state index is 9.97. The number of aromatic hydroxyl groups is 1. The van der Waals surface area contributed by atoms with Gasteiger partial charge < -0.3 is 15.2 Å². The zero-order valence-corrected chi connectivity index (χ0v) is 16.9. The second-order valence-corrected chi connectivity index (χ2v) is 7.20. The number of methoxy groups -OCH3 is 1. The monoisotopic (exact) mass is 387 g/mol. The van der Waals surface area contributed by atoms with Gasteiger partial charge in [-0.1, -0.05) is 42.5 Å². The molecule has 4 rings (SSSR count). The zero-order valence-electron chi connectivity index (χ0n) is 16.9. The first-order valence-corrected chi connectivity index (χ1v) is 9.70. The van der Waals surface area contributed by atoms with E-state index in [1.807, 2.05) is 16.9 Å². The van der Waals surface area contributed by atoms with Crippen molar-refractivity contribution < 1.29 is 9.84 Å². The van der Waals surface area contributed by atoms with Gasteiger partial charge in [0.25, 0.3) is 0 Å². The minimum atomic E-state index is 0.114. The van der Waals surface area contributed by atoms with Crippen LogP contribution >= 0.6 is 0 Å². The largest absolute Gasteiger partial charge is 0.504 e. The van der Waals surface area contributed by atoms with Gasteiger partial charge in [0.15, 0.2) is 11.5 Å². The molecule has 4 aromatic rings. The van der Waals surface area contributed by atoms with Crippen LogP contribution in [0.3, 0.4) is 0 Å². The topological polar surface area (TPSA) is 59.3 Å². The van der Waals surface area contributed by atoms with Gasteiger partial charge in [0.2, 0.25) is 0 Å².